The van der Waals surface area contributed by atoms with Gasteiger partial charge < -0.3 is 14.8 Å². The Labute approximate surface area is 162 Å². The summed E-state index contributed by atoms with van der Waals surface area (Å²) in [6.45, 7) is 5.41. The maximum Gasteiger partial charge on any atom is 0.160 e. The average Bonchev–Trinajstić information content (AvgIpc) is 2.67. The van der Waals surface area contributed by atoms with E-state index >= 15 is 0 Å². The van der Waals surface area contributed by atoms with Crippen molar-refractivity contribution < 1.29 is 9.47 Å². The Bertz CT molecular complexity index is 698. The normalized spacial score (nSPS) is 11.4. The topological polar surface area (TPSA) is 30.5 Å². The van der Waals surface area contributed by atoms with Crippen LogP contribution in [0.1, 0.15) is 37.8 Å². The van der Waals surface area contributed by atoms with Crippen molar-refractivity contribution in [1.29, 1.82) is 0 Å². The van der Waals surface area contributed by atoms with E-state index in [0.717, 1.165) is 48.7 Å². The fourth-order valence-electron chi connectivity index (χ4n) is 3.36. The minimum absolute atomic E-state index is 0.0846. The van der Waals surface area contributed by atoms with Gasteiger partial charge in [0.1, 0.15) is 0 Å². The van der Waals surface area contributed by atoms with Crippen LogP contribution >= 0.6 is 11.6 Å². The molecule has 0 aromatic heterocycles. The molecule has 0 amide bonds. The summed E-state index contributed by atoms with van der Waals surface area (Å²) in [6.07, 6.45) is 4.06. The number of methoxy groups -OCH3 is 2. The SMILES string of the molecule is CCC(CC)(Cc1cccc(Cl)c1)NCCc1ccc(OC)c(OC)c1. The van der Waals surface area contributed by atoms with Crippen molar-refractivity contribution in [3.63, 3.8) is 0 Å². The second-order valence-corrected chi connectivity index (χ2v) is 7.10. The second kappa shape index (κ2) is 9.84. The maximum absolute atomic E-state index is 6.16. The van der Waals surface area contributed by atoms with E-state index in [2.05, 4.69) is 43.4 Å². The molecule has 0 unspecified atom stereocenters. The average molecular weight is 376 g/mol. The molecule has 0 fully saturated rings. The smallest absolute Gasteiger partial charge is 0.160 e. The first-order valence-electron chi connectivity index (χ1n) is 9.26. The van der Waals surface area contributed by atoms with Gasteiger partial charge in [-0.2, -0.15) is 0 Å². The highest BCUT2D eigenvalue weighted by atomic mass is 35.5. The summed E-state index contributed by atoms with van der Waals surface area (Å²) in [4.78, 5) is 0. The van der Waals surface area contributed by atoms with Gasteiger partial charge >= 0.3 is 0 Å². The van der Waals surface area contributed by atoms with Crippen LogP contribution in [0, 0.1) is 0 Å². The van der Waals surface area contributed by atoms with Gasteiger partial charge in [-0.05, 0) is 67.6 Å². The van der Waals surface area contributed by atoms with Crippen LogP contribution in [0.5, 0.6) is 11.5 Å². The minimum atomic E-state index is 0.0846. The van der Waals surface area contributed by atoms with E-state index in [0.29, 0.717) is 0 Å². The lowest BCUT2D eigenvalue weighted by Crippen LogP contribution is -2.47. The Kier molecular flexibility index (Phi) is 7.80. The van der Waals surface area contributed by atoms with E-state index in [1.165, 1.54) is 11.1 Å². The summed E-state index contributed by atoms with van der Waals surface area (Å²) in [5.41, 5.74) is 2.60. The number of ether oxygens (including phenoxy) is 2. The highest BCUT2D eigenvalue weighted by molar-refractivity contribution is 6.30. The monoisotopic (exact) mass is 375 g/mol. The molecule has 4 heteroatoms. The molecule has 2 aromatic carbocycles. The lowest BCUT2D eigenvalue weighted by atomic mass is 9.85. The first-order chi connectivity index (χ1) is 12.6. The molecule has 0 radical (unpaired) electrons. The lowest BCUT2D eigenvalue weighted by Gasteiger charge is -2.33. The van der Waals surface area contributed by atoms with Crippen LogP contribution in [0.2, 0.25) is 5.02 Å². The van der Waals surface area contributed by atoms with E-state index in [9.17, 15) is 0 Å². The van der Waals surface area contributed by atoms with Gasteiger partial charge in [-0.25, -0.2) is 0 Å². The molecule has 142 valence electrons. The van der Waals surface area contributed by atoms with Crippen molar-refractivity contribution in [1.82, 2.24) is 5.32 Å². The summed E-state index contributed by atoms with van der Waals surface area (Å²) in [7, 11) is 3.33. The fraction of sp³-hybridized carbons (Fsp3) is 0.455. The highest BCUT2D eigenvalue weighted by Gasteiger charge is 2.25. The summed E-state index contributed by atoms with van der Waals surface area (Å²) < 4.78 is 10.7. The van der Waals surface area contributed by atoms with Crippen LogP contribution in [0.25, 0.3) is 0 Å². The number of hydrogen-bond donors (Lipinski definition) is 1. The third kappa shape index (κ3) is 5.39. The molecule has 26 heavy (non-hydrogen) atoms. The van der Waals surface area contributed by atoms with Gasteiger partial charge in [0.15, 0.2) is 11.5 Å². The maximum atomic E-state index is 6.16. The molecule has 0 aliphatic carbocycles. The zero-order chi connectivity index (χ0) is 19.0. The van der Waals surface area contributed by atoms with Crippen molar-refractivity contribution in [3.05, 3.63) is 58.6 Å². The van der Waals surface area contributed by atoms with Crippen LogP contribution in [0.3, 0.4) is 0 Å². The Hall–Kier alpha value is -1.71. The summed E-state index contributed by atoms with van der Waals surface area (Å²) in [5, 5.41) is 4.60. The molecule has 3 nitrogen and oxygen atoms in total. The predicted octanol–water partition coefficient (Wildman–Crippen LogP) is 5.29. The van der Waals surface area contributed by atoms with Gasteiger partial charge in [-0.15, -0.1) is 0 Å². The number of halogens is 1. The van der Waals surface area contributed by atoms with Crippen LogP contribution < -0.4 is 14.8 Å². The van der Waals surface area contributed by atoms with Crippen molar-refractivity contribution in [2.45, 2.75) is 45.1 Å². The van der Waals surface area contributed by atoms with Gasteiger partial charge in [0.05, 0.1) is 14.2 Å². The van der Waals surface area contributed by atoms with E-state index in [1.54, 1.807) is 14.2 Å². The second-order valence-electron chi connectivity index (χ2n) is 6.66. The molecule has 0 aliphatic rings. The number of hydrogen-bond acceptors (Lipinski definition) is 3. The molecule has 0 atom stereocenters. The molecule has 1 N–H and O–H groups in total. The van der Waals surface area contributed by atoms with Gasteiger partial charge in [0.25, 0.3) is 0 Å². The third-order valence-electron chi connectivity index (χ3n) is 5.15. The molecule has 0 spiro atoms. The van der Waals surface area contributed by atoms with Crippen LogP contribution in [-0.2, 0) is 12.8 Å². The Morgan fingerprint density at radius 2 is 1.65 bits per heavy atom. The molecule has 0 saturated carbocycles. The molecule has 0 heterocycles. The zero-order valence-corrected chi connectivity index (χ0v) is 17.0. The van der Waals surface area contributed by atoms with E-state index in [1.807, 2.05) is 18.2 Å². The highest BCUT2D eigenvalue weighted by Crippen LogP contribution is 2.28. The van der Waals surface area contributed by atoms with E-state index < -0.39 is 0 Å². The molecule has 0 saturated heterocycles. The number of benzene rings is 2. The standard InChI is InChI=1S/C22H30ClNO2/c1-5-22(6-2,16-18-8-7-9-19(23)14-18)24-13-12-17-10-11-20(25-3)21(15-17)26-4/h7-11,14-15,24H,5-6,12-13,16H2,1-4H3. The number of rotatable bonds is 10. The minimum Gasteiger partial charge on any atom is -0.493 e. The van der Waals surface area contributed by atoms with Gasteiger partial charge in [0, 0.05) is 10.6 Å². The third-order valence-corrected chi connectivity index (χ3v) is 5.38. The summed E-state index contributed by atoms with van der Waals surface area (Å²) in [6, 6.07) is 14.3. The Balaban J connectivity index is 2.02. The summed E-state index contributed by atoms with van der Waals surface area (Å²) in [5.74, 6) is 1.54. The van der Waals surface area contributed by atoms with Gasteiger partial charge in [-0.1, -0.05) is 43.6 Å². The van der Waals surface area contributed by atoms with Crippen molar-refractivity contribution >= 4 is 11.6 Å². The van der Waals surface area contributed by atoms with Crippen LogP contribution in [0.15, 0.2) is 42.5 Å². The Morgan fingerprint density at radius 3 is 2.27 bits per heavy atom. The first-order valence-corrected chi connectivity index (χ1v) is 9.64. The van der Waals surface area contributed by atoms with E-state index in [4.69, 9.17) is 21.1 Å². The molecule has 0 bridgehead atoms. The molecular weight excluding hydrogens is 346 g/mol. The Morgan fingerprint density at radius 1 is 0.923 bits per heavy atom. The predicted molar refractivity (Wildman–Crippen MR) is 110 cm³/mol. The van der Waals surface area contributed by atoms with Gasteiger partial charge in [0.2, 0.25) is 0 Å². The van der Waals surface area contributed by atoms with E-state index in [-0.39, 0.29) is 5.54 Å². The fourth-order valence-corrected chi connectivity index (χ4v) is 3.57. The largest absolute Gasteiger partial charge is 0.493 e. The van der Waals surface area contributed by atoms with Crippen molar-refractivity contribution in [2.24, 2.45) is 0 Å². The lowest BCUT2D eigenvalue weighted by molar-refractivity contribution is 0.300. The quantitative estimate of drug-likeness (QED) is 0.612. The summed E-state index contributed by atoms with van der Waals surface area (Å²) >= 11 is 6.16. The van der Waals surface area contributed by atoms with Crippen LogP contribution in [0.4, 0.5) is 0 Å². The molecule has 2 rings (SSSR count). The van der Waals surface area contributed by atoms with Crippen molar-refractivity contribution in [3.8, 4) is 11.5 Å². The molecule has 0 aliphatic heterocycles. The molecule has 2 aromatic rings. The molecular formula is C22H30ClNO2. The zero-order valence-electron chi connectivity index (χ0n) is 16.3. The number of nitrogens with one attached hydrogen (secondary N) is 1. The van der Waals surface area contributed by atoms with Crippen LogP contribution in [-0.4, -0.2) is 26.3 Å². The van der Waals surface area contributed by atoms with Crippen molar-refractivity contribution in [2.75, 3.05) is 20.8 Å². The first kappa shape index (κ1) is 20.6. The van der Waals surface area contributed by atoms with Gasteiger partial charge in [-0.3, -0.25) is 0 Å².